The molecule has 1 saturated heterocycles. The lowest BCUT2D eigenvalue weighted by Gasteiger charge is -2.36. The fourth-order valence-electron chi connectivity index (χ4n) is 3.59. The Morgan fingerprint density at radius 3 is 2.59 bits per heavy atom. The van der Waals surface area contributed by atoms with Gasteiger partial charge in [0.1, 0.15) is 17.3 Å². The van der Waals surface area contributed by atoms with Gasteiger partial charge in [-0.3, -0.25) is 9.89 Å². The Balaban J connectivity index is 1.34. The van der Waals surface area contributed by atoms with Crippen molar-refractivity contribution in [3.63, 3.8) is 0 Å². The molecule has 7 heteroatoms. The van der Waals surface area contributed by atoms with E-state index in [9.17, 15) is 4.39 Å². The Morgan fingerprint density at radius 2 is 1.93 bits per heavy atom. The number of guanidine groups is 1. The Morgan fingerprint density at radius 1 is 1.17 bits per heavy atom. The first kappa shape index (κ1) is 21.2. The predicted octanol–water partition coefficient (Wildman–Crippen LogP) is 3.17. The van der Waals surface area contributed by atoms with Crippen molar-refractivity contribution >= 4 is 11.6 Å². The van der Waals surface area contributed by atoms with Crippen LogP contribution in [0.15, 0.2) is 45.8 Å². The van der Waals surface area contributed by atoms with Gasteiger partial charge in [-0.1, -0.05) is 12.1 Å². The van der Waals surface area contributed by atoms with Gasteiger partial charge in [-0.2, -0.15) is 0 Å². The standard InChI is InChI=1S/C22H32FN5O/c1-17-9-10-21(29-17)18(2)26-22(24-3)25-11-6-12-27-13-15-28(16-14-27)20-8-5-4-7-19(20)23/h4-5,7-10,18H,6,11-16H2,1-3H3,(H2,24,25,26). The number of aliphatic imine (C=N–C) groups is 1. The molecular formula is C22H32FN5O. The van der Waals surface area contributed by atoms with Crippen molar-refractivity contribution in [3.8, 4) is 0 Å². The van der Waals surface area contributed by atoms with Crippen LogP contribution in [-0.4, -0.2) is 57.2 Å². The third-order valence-electron chi connectivity index (χ3n) is 5.27. The molecule has 1 atom stereocenters. The first-order chi connectivity index (χ1) is 14.1. The maximum absolute atomic E-state index is 13.9. The fourth-order valence-corrected chi connectivity index (χ4v) is 3.59. The number of rotatable bonds is 7. The molecule has 6 nitrogen and oxygen atoms in total. The fraction of sp³-hybridized carbons (Fsp3) is 0.500. The smallest absolute Gasteiger partial charge is 0.191 e. The zero-order chi connectivity index (χ0) is 20.6. The van der Waals surface area contributed by atoms with Gasteiger partial charge in [-0.15, -0.1) is 0 Å². The second-order valence-electron chi connectivity index (χ2n) is 7.45. The second-order valence-corrected chi connectivity index (χ2v) is 7.45. The summed E-state index contributed by atoms with van der Waals surface area (Å²) in [5.41, 5.74) is 0.713. The lowest BCUT2D eigenvalue weighted by Crippen LogP contribution is -2.47. The van der Waals surface area contributed by atoms with Crippen LogP contribution in [0.3, 0.4) is 0 Å². The molecule has 0 radical (unpaired) electrons. The van der Waals surface area contributed by atoms with Crippen LogP contribution in [0.25, 0.3) is 0 Å². The van der Waals surface area contributed by atoms with Gasteiger partial charge in [0, 0.05) is 39.8 Å². The van der Waals surface area contributed by atoms with Crippen molar-refractivity contribution in [2.24, 2.45) is 4.99 Å². The molecule has 1 aliphatic heterocycles. The third kappa shape index (κ3) is 5.97. The molecule has 158 valence electrons. The summed E-state index contributed by atoms with van der Waals surface area (Å²) in [5, 5.41) is 6.72. The summed E-state index contributed by atoms with van der Waals surface area (Å²) in [5.74, 6) is 2.45. The normalized spacial score (nSPS) is 16.7. The van der Waals surface area contributed by atoms with Crippen LogP contribution in [-0.2, 0) is 0 Å². The molecule has 2 aromatic rings. The maximum atomic E-state index is 13.9. The summed E-state index contributed by atoms with van der Waals surface area (Å²) in [4.78, 5) is 8.86. The zero-order valence-corrected chi connectivity index (χ0v) is 17.6. The molecule has 29 heavy (non-hydrogen) atoms. The minimum absolute atomic E-state index is 0.0568. The summed E-state index contributed by atoms with van der Waals surface area (Å²) < 4.78 is 19.6. The van der Waals surface area contributed by atoms with E-state index >= 15 is 0 Å². The summed E-state index contributed by atoms with van der Waals surface area (Å²) in [7, 11) is 1.78. The van der Waals surface area contributed by atoms with Crippen LogP contribution in [0.1, 0.15) is 30.9 Å². The number of halogens is 1. The highest BCUT2D eigenvalue weighted by molar-refractivity contribution is 5.79. The van der Waals surface area contributed by atoms with Gasteiger partial charge in [0.2, 0.25) is 0 Å². The Hall–Kier alpha value is -2.54. The number of piperazine rings is 1. The molecule has 1 aliphatic rings. The van der Waals surface area contributed by atoms with E-state index in [0.29, 0.717) is 5.69 Å². The number of nitrogens with one attached hydrogen (secondary N) is 2. The topological polar surface area (TPSA) is 56.0 Å². The lowest BCUT2D eigenvalue weighted by atomic mass is 10.2. The van der Waals surface area contributed by atoms with Gasteiger partial charge in [-0.25, -0.2) is 4.39 Å². The van der Waals surface area contributed by atoms with Gasteiger partial charge >= 0.3 is 0 Å². The molecule has 0 spiro atoms. The average molecular weight is 402 g/mol. The number of para-hydroxylation sites is 1. The van der Waals surface area contributed by atoms with E-state index in [4.69, 9.17) is 4.42 Å². The molecule has 0 aliphatic carbocycles. The van der Waals surface area contributed by atoms with Crippen LogP contribution in [0.4, 0.5) is 10.1 Å². The van der Waals surface area contributed by atoms with Crippen molar-refractivity contribution < 1.29 is 8.81 Å². The second kappa shape index (κ2) is 10.3. The largest absolute Gasteiger partial charge is 0.464 e. The number of benzene rings is 1. The predicted molar refractivity (Wildman–Crippen MR) is 116 cm³/mol. The summed E-state index contributed by atoms with van der Waals surface area (Å²) >= 11 is 0. The van der Waals surface area contributed by atoms with Crippen molar-refractivity contribution in [3.05, 3.63) is 53.7 Å². The first-order valence-corrected chi connectivity index (χ1v) is 10.3. The molecular weight excluding hydrogens is 369 g/mol. The number of hydrogen-bond donors (Lipinski definition) is 2. The molecule has 1 unspecified atom stereocenters. The highest BCUT2D eigenvalue weighted by atomic mass is 19.1. The highest BCUT2D eigenvalue weighted by Crippen LogP contribution is 2.20. The van der Waals surface area contributed by atoms with Gasteiger partial charge in [-0.05, 0) is 51.1 Å². The molecule has 1 aromatic heterocycles. The number of aryl methyl sites for hydroxylation is 1. The van der Waals surface area contributed by atoms with Crippen molar-refractivity contribution in [1.29, 1.82) is 0 Å². The molecule has 3 rings (SSSR count). The average Bonchev–Trinajstić information content (AvgIpc) is 3.17. The maximum Gasteiger partial charge on any atom is 0.191 e. The van der Waals surface area contributed by atoms with E-state index in [1.54, 1.807) is 13.1 Å². The van der Waals surface area contributed by atoms with Crippen LogP contribution in [0.2, 0.25) is 0 Å². The quantitative estimate of drug-likeness (QED) is 0.424. The molecule has 1 aromatic carbocycles. The molecule has 2 N–H and O–H groups in total. The number of nitrogens with zero attached hydrogens (tertiary/aromatic N) is 3. The highest BCUT2D eigenvalue weighted by Gasteiger charge is 2.19. The van der Waals surface area contributed by atoms with E-state index in [1.807, 2.05) is 31.2 Å². The van der Waals surface area contributed by atoms with Gasteiger partial charge in [0.25, 0.3) is 0 Å². The molecule has 0 saturated carbocycles. The summed E-state index contributed by atoms with van der Waals surface area (Å²) in [6.45, 7) is 9.49. The van der Waals surface area contributed by atoms with Gasteiger partial charge < -0.3 is 20.0 Å². The Labute approximate surface area is 172 Å². The molecule has 0 bridgehead atoms. The number of furan rings is 1. The monoisotopic (exact) mass is 401 g/mol. The first-order valence-electron chi connectivity index (χ1n) is 10.3. The van der Waals surface area contributed by atoms with Crippen LogP contribution < -0.4 is 15.5 Å². The molecule has 1 fully saturated rings. The number of anilines is 1. The third-order valence-corrected chi connectivity index (χ3v) is 5.27. The summed E-state index contributed by atoms with van der Waals surface area (Å²) in [6, 6.07) is 11.0. The van der Waals surface area contributed by atoms with Crippen LogP contribution in [0.5, 0.6) is 0 Å². The van der Waals surface area contributed by atoms with Crippen LogP contribution in [0, 0.1) is 12.7 Å². The number of hydrogen-bond acceptors (Lipinski definition) is 4. The van der Waals surface area contributed by atoms with E-state index < -0.39 is 0 Å². The van der Waals surface area contributed by atoms with Crippen molar-refractivity contribution in [1.82, 2.24) is 15.5 Å². The molecule has 0 amide bonds. The lowest BCUT2D eigenvalue weighted by molar-refractivity contribution is 0.254. The minimum Gasteiger partial charge on any atom is -0.464 e. The SMILES string of the molecule is CN=C(NCCCN1CCN(c2ccccc2F)CC1)NC(C)c1ccc(C)o1. The Bertz CT molecular complexity index is 798. The van der Waals surface area contributed by atoms with Crippen LogP contribution >= 0.6 is 0 Å². The zero-order valence-electron chi connectivity index (χ0n) is 17.6. The van der Waals surface area contributed by atoms with E-state index in [0.717, 1.165) is 63.2 Å². The Kier molecular flexibility index (Phi) is 7.52. The van der Waals surface area contributed by atoms with E-state index in [-0.39, 0.29) is 11.9 Å². The van der Waals surface area contributed by atoms with Gasteiger partial charge in [0.05, 0.1) is 11.7 Å². The van der Waals surface area contributed by atoms with E-state index in [1.165, 1.54) is 6.07 Å². The van der Waals surface area contributed by atoms with Gasteiger partial charge in [0.15, 0.2) is 5.96 Å². The van der Waals surface area contributed by atoms with Crippen molar-refractivity contribution in [2.45, 2.75) is 26.3 Å². The summed E-state index contributed by atoms with van der Waals surface area (Å²) in [6.07, 6.45) is 1.02. The minimum atomic E-state index is -0.136. The van der Waals surface area contributed by atoms with Crippen molar-refractivity contribution in [2.75, 3.05) is 51.2 Å². The van der Waals surface area contributed by atoms with E-state index in [2.05, 4.69) is 32.3 Å². The molecule has 2 heterocycles.